The van der Waals surface area contributed by atoms with Crippen LogP contribution in [0.1, 0.15) is 30.0 Å². The number of benzene rings is 4. The number of carbonyl (C=O) groups is 2. The number of ether oxygens (including phenoxy) is 1. The Morgan fingerprint density at radius 1 is 0.981 bits per heavy atom. The summed E-state index contributed by atoms with van der Waals surface area (Å²) >= 11 is 6.58. The molecule has 2 N–H and O–H groups in total. The van der Waals surface area contributed by atoms with Crippen molar-refractivity contribution in [2.45, 2.75) is 56.8 Å². The van der Waals surface area contributed by atoms with Crippen LogP contribution in [-0.4, -0.2) is 64.0 Å². The van der Waals surface area contributed by atoms with Crippen molar-refractivity contribution in [2.24, 2.45) is 5.92 Å². The Balaban J connectivity index is 1.22. The van der Waals surface area contributed by atoms with Crippen molar-refractivity contribution in [1.82, 2.24) is 14.7 Å². The molecule has 4 atom stereocenters. The lowest BCUT2D eigenvalue weighted by Gasteiger charge is -2.32. The summed E-state index contributed by atoms with van der Waals surface area (Å²) in [6, 6.07) is 29.5. The molecule has 1 spiro atoms. The van der Waals surface area contributed by atoms with Crippen LogP contribution in [0.2, 0.25) is 23.7 Å². The highest BCUT2D eigenvalue weighted by Crippen LogP contribution is 2.60. The topological polar surface area (TPSA) is 125 Å². The molecule has 4 aromatic carbocycles. The highest BCUT2D eigenvalue weighted by molar-refractivity contribution is 6.71. The number of rotatable bonds is 10. The van der Waals surface area contributed by atoms with Gasteiger partial charge in [-0.2, -0.15) is 9.78 Å². The van der Waals surface area contributed by atoms with Gasteiger partial charge in [0, 0.05) is 40.5 Å². The summed E-state index contributed by atoms with van der Waals surface area (Å²) in [6.45, 7) is 5.94. The predicted octanol–water partition coefficient (Wildman–Crippen LogP) is 5.79. The SMILES string of the molecule is C[C@H]1[C@H]([Si](C)(C)O)[C@@H](CC(=O)N(CCO)Cc2ccccc2)O[C@]12C(=O)N(Cc1cccc(-n3ncc4ccccc4c3=O)c1)c1ccc(Cl)cc12. The van der Waals surface area contributed by atoms with Crippen LogP contribution in [0.15, 0.2) is 108 Å². The summed E-state index contributed by atoms with van der Waals surface area (Å²) in [5.41, 5.74) is 1.24. The van der Waals surface area contributed by atoms with E-state index in [0.29, 0.717) is 33.9 Å². The van der Waals surface area contributed by atoms with E-state index in [2.05, 4.69) is 5.10 Å². The van der Waals surface area contributed by atoms with Crippen molar-refractivity contribution < 1.29 is 24.2 Å². The second-order valence-electron chi connectivity index (χ2n) is 14.3. The number of anilines is 1. The lowest BCUT2D eigenvalue weighted by atomic mass is 9.82. The van der Waals surface area contributed by atoms with Gasteiger partial charge in [0.2, 0.25) is 5.91 Å². The number of hydrogen-bond donors (Lipinski definition) is 2. The number of fused-ring (bicyclic) bond motifs is 3. The third-order valence-corrected chi connectivity index (χ3v) is 13.2. The number of aliphatic hydroxyl groups excluding tert-OH is 1. The molecule has 0 bridgehead atoms. The van der Waals surface area contributed by atoms with Crippen molar-refractivity contribution in [1.29, 1.82) is 0 Å². The van der Waals surface area contributed by atoms with Crippen LogP contribution in [0.4, 0.5) is 5.69 Å². The van der Waals surface area contributed by atoms with Crippen molar-refractivity contribution in [3.63, 3.8) is 0 Å². The van der Waals surface area contributed by atoms with Gasteiger partial charge in [-0.3, -0.25) is 14.4 Å². The third kappa shape index (κ3) is 6.37. The van der Waals surface area contributed by atoms with Gasteiger partial charge in [0.25, 0.3) is 11.5 Å². The normalized spacial score (nSPS) is 21.2. The van der Waals surface area contributed by atoms with Crippen molar-refractivity contribution in [3.05, 3.63) is 135 Å². The van der Waals surface area contributed by atoms with Crippen LogP contribution in [0, 0.1) is 5.92 Å². The van der Waals surface area contributed by atoms with E-state index in [1.165, 1.54) is 4.68 Å². The number of carbonyl (C=O) groups excluding carboxylic acids is 2. The van der Waals surface area contributed by atoms with Gasteiger partial charge in [-0.25, -0.2) is 0 Å². The molecule has 10 nitrogen and oxygen atoms in total. The quantitative estimate of drug-likeness (QED) is 0.174. The van der Waals surface area contributed by atoms with Gasteiger partial charge in [-0.05, 0) is 60.6 Å². The maximum absolute atomic E-state index is 14.9. The average molecular weight is 737 g/mol. The number of nitrogens with zero attached hydrogens (tertiary/aromatic N) is 4. The van der Waals surface area contributed by atoms with Gasteiger partial charge in [0.05, 0.1) is 48.6 Å². The van der Waals surface area contributed by atoms with Crippen molar-refractivity contribution >= 4 is 48.2 Å². The molecule has 0 saturated carbocycles. The third-order valence-electron chi connectivity index (χ3n) is 10.5. The van der Waals surface area contributed by atoms with Gasteiger partial charge in [0.1, 0.15) is 0 Å². The molecule has 1 aromatic heterocycles. The Hall–Kier alpha value is -4.65. The minimum absolute atomic E-state index is 0.0701. The lowest BCUT2D eigenvalue weighted by molar-refractivity contribution is -0.150. The van der Waals surface area contributed by atoms with Crippen LogP contribution in [0.3, 0.4) is 0 Å². The summed E-state index contributed by atoms with van der Waals surface area (Å²) in [4.78, 5) is 57.2. The Bertz CT molecular complexity index is 2210. The Morgan fingerprint density at radius 3 is 2.46 bits per heavy atom. The highest BCUT2D eigenvalue weighted by Gasteiger charge is 2.66. The smallest absolute Gasteiger partial charge is 0.279 e. The highest BCUT2D eigenvalue weighted by atomic mass is 35.5. The van der Waals surface area contributed by atoms with Crippen LogP contribution >= 0.6 is 11.6 Å². The first-order valence-corrected chi connectivity index (χ1v) is 20.8. The van der Waals surface area contributed by atoms with E-state index in [4.69, 9.17) is 16.3 Å². The first kappa shape index (κ1) is 35.7. The summed E-state index contributed by atoms with van der Waals surface area (Å²) in [5, 5.41) is 16.0. The number of aliphatic hydroxyl groups is 1. The van der Waals surface area contributed by atoms with Gasteiger partial charge in [-0.15, -0.1) is 0 Å². The number of hydrogen-bond acceptors (Lipinski definition) is 7. The first-order chi connectivity index (χ1) is 24.9. The van der Waals surface area contributed by atoms with Crippen molar-refractivity contribution in [2.75, 3.05) is 18.1 Å². The molecule has 5 aromatic rings. The zero-order chi connectivity index (χ0) is 36.8. The second-order valence-corrected chi connectivity index (χ2v) is 18.7. The molecule has 2 aliphatic rings. The number of amides is 2. The summed E-state index contributed by atoms with van der Waals surface area (Å²) in [7, 11) is -3.06. The zero-order valence-corrected chi connectivity index (χ0v) is 31.0. The van der Waals surface area contributed by atoms with Crippen LogP contribution < -0.4 is 10.5 Å². The molecule has 0 unspecified atom stereocenters. The minimum atomic E-state index is -3.06. The van der Waals surface area contributed by atoms with E-state index in [0.717, 1.165) is 16.5 Å². The Kier molecular flexibility index (Phi) is 9.66. The Morgan fingerprint density at radius 2 is 1.71 bits per heavy atom. The summed E-state index contributed by atoms with van der Waals surface area (Å²) < 4.78 is 8.24. The van der Waals surface area contributed by atoms with Gasteiger partial charge in [0.15, 0.2) is 13.9 Å². The number of halogens is 1. The molecular weight excluding hydrogens is 696 g/mol. The van der Waals surface area contributed by atoms with Crippen LogP contribution in [0.25, 0.3) is 16.5 Å². The second kappa shape index (κ2) is 14.1. The molecule has 7 rings (SSSR count). The van der Waals surface area contributed by atoms with Gasteiger partial charge >= 0.3 is 0 Å². The molecule has 3 heterocycles. The van der Waals surface area contributed by atoms with E-state index in [1.807, 2.05) is 86.7 Å². The maximum Gasteiger partial charge on any atom is 0.279 e. The molecular formula is C40H41ClN4O6Si. The molecule has 2 amide bonds. The Labute approximate surface area is 308 Å². The van der Waals surface area contributed by atoms with Gasteiger partial charge < -0.3 is 24.4 Å². The van der Waals surface area contributed by atoms with Crippen LogP contribution in [-0.2, 0) is 33.0 Å². The number of aromatic nitrogens is 2. The molecule has 0 aliphatic carbocycles. The molecule has 1 fully saturated rings. The predicted molar refractivity (Wildman–Crippen MR) is 203 cm³/mol. The fraction of sp³-hybridized carbons (Fsp3) is 0.300. The van der Waals surface area contributed by atoms with Crippen molar-refractivity contribution in [3.8, 4) is 5.69 Å². The lowest BCUT2D eigenvalue weighted by Crippen LogP contribution is -2.46. The minimum Gasteiger partial charge on any atom is -0.432 e. The average Bonchev–Trinajstić information content (AvgIpc) is 3.54. The summed E-state index contributed by atoms with van der Waals surface area (Å²) in [5.74, 6) is -1.05. The fourth-order valence-corrected chi connectivity index (χ4v) is 10.9. The molecule has 268 valence electrons. The zero-order valence-electron chi connectivity index (χ0n) is 29.3. The molecule has 12 heteroatoms. The first-order valence-electron chi connectivity index (χ1n) is 17.4. The monoisotopic (exact) mass is 736 g/mol. The van der Waals surface area contributed by atoms with E-state index in [9.17, 15) is 24.3 Å². The van der Waals surface area contributed by atoms with Crippen LogP contribution in [0.5, 0.6) is 0 Å². The molecule has 0 radical (unpaired) electrons. The summed E-state index contributed by atoms with van der Waals surface area (Å²) in [6.07, 6.45) is 0.819. The molecule has 2 aliphatic heterocycles. The largest absolute Gasteiger partial charge is 0.432 e. The standard InChI is InChI=1S/C40H41ClN4O6Si/c1-26-37(52(2,3)50)35(22-36(47)43(18-19-46)24-27-10-5-4-6-11-27)51-40(26)33-21-30(41)16-17-34(33)44(39(40)49)25-28-12-9-14-31(20-28)45-38(48)32-15-8-7-13-29(32)23-42-45/h4-17,20-21,23,26,35,37,46,50H,18-19,22,24-25H2,1-3H3/t26-,35+,37-,40+/m0/s1. The fourth-order valence-electron chi connectivity index (χ4n) is 8.17. The molecule has 1 saturated heterocycles. The van der Waals surface area contributed by atoms with E-state index >= 15 is 0 Å². The van der Waals surface area contributed by atoms with Gasteiger partial charge in [-0.1, -0.05) is 79.2 Å². The van der Waals surface area contributed by atoms with E-state index in [-0.39, 0.29) is 43.5 Å². The van der Waals surface area contributed by atoms with E-state index < -0.39 is 31.5 Å². The van der Waals surface area contributed by atoms with E-state index in [1.54, 1.807) is 46.3 Å². The molecule has 52 heavy (non-hydrogen) atoms. The maximum atomic E-state index is 14.9.